The minimum Gasteiger partial charge on any atom is -0.371 e. The molecule has 2 aromatic rings. The Morgan fingerprint density at radius 2 is 1.96 bits per heavy atom. The molecule has 1 N–H and O–H groups in total. The van der Waals surface area contributed by atoms with Crippen molar-refractivity contribution >= 4 is 11.9 Å². The summed E-state index contributed by atoms with van der Waals surface area (Å²) in [5.41, 5.74) is 0.948. The third-order valence-electron chi connectivity index (χ3n) is 5.26. The third kappa shape index (κ3) is 3.85. The predicted octanol–water partition coefficient (Wildman–Crippen LogP) is 2.14. The molecule has 1 spiro atoms. The number of anilines is 1. The van der Waals surface area contributed by atoms with Crippen molar-refractivity contribution in [1.29, 1.82) is 0 Å². The van der Waals surface area contributed by atoms with Crippen LogP contribution in [0.3, 0.4) is 0 Å². The standard InChI is InChI=1S/C20H24N4O2/c25-18(11-16-5-2-1-3-6-16)24-14-20(15-24)8-7-17(13-26-20)12-23-19-21-9-4-10-22-19/h1-6,9-10,17H,7-8,11-15H2,(H,21,22,23)/t17-/m1/s1. The first-order chi connectivity index (χ1) is 12.7. The smallest absolute Gasteiger partial charge is 0.227 e. The molecule has 2 fully saturated rings. The van der Waals surface area contributed by atoms with Crippen molar-refractivity contribution in [3.8, 4) is 0 Å². The van der Waals surface area contributed by atoms with Gasteiger partial charge >= 0.3 is 0 Å². The quantitative estimate of drug-likeness (QED) is 0.893. The number of carbonyl (C=O) groups is 1. The zero-order chi connectivity index (χ0) is 17.8. The number of amides is 1. The Balaban J connectivity index is 1.20. The van der Waals surface area contributed by atoms with E-state index in [1.807, 2.05) is 35.2 Å². The van der Waals surface area contributed by atoms with Gasteiger partial charge in [0.1, 0.15) is 5.60 Å². The van der Waals surface area contributed by atoms with Crippen LogP contribution in [0.2, 0.25) is 0 Å². The van der Waals surface area contributed by atoms with E-state index in [-0.39, 0.29) is 11.5 Å². The Morgan fingerprint density at radius 3 is 2.65 bits per heavy atom. The Kier molecular flexibility index (Phi) is 4.84. The maximum absolute atomic E-state index is 12.4. The highest BCUT2D eigenvalue weighted by atomic mass is 16.5. The zero-order valence-electron chi connectivity index (χ0n) is 14.8. The van der Waals surface area contributed by atoms with Crippen LogP contribution < -0.4 is 5.32 Å². The van der Waals surface area contributed by atoms with E-state index in [1.54, 1.807) is 18.5 Å². The minimum atomic E-state index is -0.119. The van der Waals surface area contributed by atoms with Crippen LogP contribution in [-0.4, -0.2) is 52.6 Å². The number of aromatic nitrogens is 2. The largest absolute Gasteiger partial charge is 0.371 e. The molecule has 2 saturated heterocycles. The van der Waals surface area contributed by atoms with Gasteiger partial charge in [0.05, 0.1) is 26.1 Å². The SMILES string of the molecule is O=C(Cc1ccccc1)N1CC2(CC[C@H](CNc3ncccn3)CO2)C1. The molecule has 3 heterocycles. The second-order valence-corrected chi connectivity index (χ2v) is 7.26. The monoisotopic (exact) mass is 352 g/mol. The Hall–Kier alpha value is -2.47. The van der Waals surface area contributed by atoms with E-state index in [1.165, 1.54) is 0 Å². The first-order valence-corrected chi connectivity index (χ1v) is 9.19. The Bertz CT molecular complexity index is 722. The number of carbonyl (C=O) groups excluding carboxylic acids is 1. The molecule has 1 aromatic carbocycles. The first kappa shape index (κ1) is 17.0. The summed E-state index contributed by atoms with van der Waals surface area (Å²) in [7, 11) is 0. The number of benzene rings is 1. The molecule has 1 atom stereocenters. The molecular formula is C20H24N4O2. The van der Waals surface area contributed by atoms with Gasteiger partial charge in [-0.05, 0) is 30.4 Å². The van der Waals surface area contributed by atoms with E-state index in [4.69, 9.17) is 4.74 Å². The van der Waals surface area contributed by atoms with Crippen LogP contribution in [-0.2, 0) is 16.0 Å². The average Bonchev–Trinajstić information content (AvgIpc) is 2.66. The summed E-state index contributed by atoms with van der Waals surface area (Å²) in [6, 6.07) is 11.7. The van der Waals surface area contributed by atoms with Crippen LogP contribution in [0.25, 0.3) is 0 Å². The fraction of sp³-hybridized carbons (Fsp3) is 0.450. The highest BCUT2D eigenvalue weighted by Gasteiger charge is 2.48. The molecule has 0 unspecified atom stereocenters. The summed E-state index contributed by atoms with van der Waals surface area (Å²) < 4.78 is 6.16. The van der Waals surface area contributed by atoms with Crippen LogP contribution in [0.5, 0.6) is 0 Å². The summed E-state index contributed by atoms with van der Waals surface area (Å²) in [5, 5.41) is 3.27. The maximum Gasteiger partial charge on any atom is 0.227 e. The van der Waals surface area contributed by atoms with Gasteiger partial charge in [0, 0.05) is 18.9 Å². The summed E-state index contributed by atoms with van der Waals surface area (Å²) in [5.74, 6) is 1.31. The summed E-state index contributed by atoms with van der Waals surface area (Å²) in [6.07, 6.45) is 6.04. The van der Waals surface area contributed by atoms with E-state index >= 15 is 0 Å². The van der Waals surface area contributed by atoms with Gasteiger partial charge in [-0.3, -0.25) is 4.79 Å². The van der Waals surface area contributed by atoms with Gasteiger partial charge in [0.2, 0.25) is 11.9 Å². The zero-order valence-corrected chi connectivity index (χ0v) is 14.8. The molecule has 136 valence electrons. The van der Waals surface area contributed by atoms with Gasteiger partial charge < -0.3 is 15.0 Å². The van der Waals surface area contributed by atoms with Gasteiger partial charge in [0.15, 0.2) is 0 Å². The van der Waals surface area contributed by atoms with Gasteiger partial charge in [0.25, 0.3) is 0 Å². The van der Waals surface area contributed by atoms with E-state index in [9.17, 15) is 4.79 Å². The second kappa shape index (κ2) is 7.41. The van der Waals surface area contributed by atoms with Crippen molar-refractivity contribution < 1.29 is 9.53 Å². The summed E-state index contributed by atoms with van der Waals surface area (Å²) in [4.78, 5) is 22.7. The van der Waals surface area contributed by atoms with Crippen molar-refractivity contribution in [2.45, 2.75) is 24.9 Å². The van der Waals surface area contributed by atoms with E-state index < -0.39 is 0 Å². The molecule has 6 nitrogen and oxygen atoms in total. The molecule has 0 saturated carbocycles. The highest BCUT2D eigenvalue weighted by molar-refractivity contribution is 5.79. The molecule has 4 rings (SSSR count). The Labute approximate surface area is 153 Å². The second-order valence-electron chi connectivity index (χ2n) is 7.26. The summed E-state index contributed by atoms with van der Waals surface area (Å²) in [6.45, 7) is 2.98. The van der Waals surface area contributed by atoms with Crippen molar-refractivity contribution in [1.82, 2.24) is 14.9 Å². The van der Waals surface area contributed by atoms with Gasteiger partial charge in [-0.1, -0.05) is 30.3 Å². The summed E-state index contributed by atoms with van der Waals surface area (Å²) >= 11 is 0. The van der Waals surface area contributed by atoms with Gasteiger partial charge in [-0.25, -0.2) is 9.97 Å². The normalized spacial score (nSPS) is 21.2. The lowest BCUT2D eigenvalue weighted by atomic mass is 9.82. The van der Waals surface area contributed by atoms with Crippen LogP contribution >= 0.6 is 0 Å². The molecule has 0 aliphatic carbocycles. The van der Waals surface area contributed by atoms with Gasteiger partial charge in [-0.15, -0.1) is 0 Å². The van der Waals surface area contributed by atoms with Crippen LogP contribution in [0, 0.1) is 5.92 Å². The fourth-order valence-corrected chi connectivity index (χ4v) is 3.66. The topological polar surface area (TPSA) is 67.4 Å². The van der Waals surface area contributed by atoms with Crippen molar-refractivity contribution in [2.75, 3.05) is 31.6 Å². The molecule has 2 aliphatic rings. The number of nitrogens with zero attached hydrogens (tertiary/aromatic N) is 3. The molecule has 2 aliphatic heterocycles. The van der Waals surface area contributed by atoms with Crippen LogP contribution in [0.1, 0.15) is 18.4 Å². The molecule has 6 heteroatoms. The molecule has 26 heavy (non-hydrogen) atoms. The predicted molar refractivity (Wildman–Crippen MR) is 98.7 cm³/mol. The van der Waals surface area contributed by atoms with Gasteiger partial charge in [-0.2, -0.15) is 0 Å². The lowest BCUT2D eigenvalue weighted by Gasteiger charge is -2.52. The number of nitrogens with one attached hydrogen (secondary N) is 1. The van der Waals surface area contributed by atoms with Crippen molar-refractivity contribution in [3.05, 3.63) is 54.4 Å². The maximum atomic E-state index is 12.4. The van der Waals surface area contributed by atoms with E-state index in [2.05, 4.69) is 15.3 Å². The number of ether oxygens (including phenoxy) is 1. The Morgan fingerprint density at radius 1 is 1.19 bits per heavy atom. The van der Waals surface area contributed by atoms with Crippen molar-refractivity contribution in [3.63, 3.8) is 0 Å². The van der Waals surface area contributed by atoms with Crippen LogP contribution in [0.15, 0.2) is 48.8 Å². The minimum absolute atomic E-state index is 0.119. The molecule has 1 aromatic heterocycles. The molecule has 1 amide bonds. The first-order valence-electron chi connectivity index (χ1n) is 9.19. The highest BCUT2D eigenvalue weighted by Crippen LogP contribution is 2.36. The van der Waals surface area contributed by atoms with Crippen LogP contribution in [0.4, 0.5) is 5.95 Å². The third-order valence-corrected chi connectivity index (χ3v) is 5.26. The molecule has 0 radical (unpaired) electrons. The lowest BCUT2D eigenvalue weighted by Crippen LogP contribution is -2.66. The molecular weight excluding hydrogens is 328 g/mol. The molecule has 0 bridgehead atoms. The number of hydrogen-bond donors (Lipinski definition) is 1. The van der Waals surface area contributed by atoms with Crippen molar-refractivity contribution in [2.24, 2.45) is 5.92 Å². The lowest BCUT2D eigenvalue weighted by molar-refractivity contribution is -0.187. The average molecular weight is 352 g/mol. The fourth-order valence-electron chi connectivity index (χ4n) is 3.66. The number of likely N-dealkylation sites (tertiary alicyclic amines) is 1. The van der Waals surface area contributed by atoms with E-state index in [0.717, 1.165) is 44.6 Å². The number of hydrogen-bond acceptors (Lipinski definition) is 5. The number of rotatable bonds is 5. The van der Waals surface area contributed by atoms with E-state index in [0.29, 0.717) is 18.3 Å².